The number of aliphatic carboxylic acids is 1. The zero-order valence-corrected chi connectivity index (χ0v) is 12.4. The van der Waals surface area contributed by atoms with Gasteiger partial charge in [-0.25, -0.2) is 0 Å². The first-order valence-corrected chi connectivity index (χ1v) is 7.69. The van der Waals surface area contributed by atoms with Crippen LogP contribution in [0.25, 0.3) is 0 Å². The molecule has 1 saturated heterocycles. The fraction of sp³-hybridized carbons (Fsp3) is 0.727. The van der Waals surface area contributed by atoms with Crippen molar-refractivity contribution < 1.29 is 41.2 Å². The predicted molar refractivity (Wildman–Crippen MR) is 58.6 cm³/mol. The summed E-state index contributed by atoms with van der Waals surface area (Å²) in [6, 6.07) is 0. The van der Waals surface area contributed by atoms with Crippen LogP contribution in [0.1, 0.15) is 20.8 Å². The first-order chi connectivity index (χ1) is 7.79. The summed E-state index contributed by atoms with van der Waals surface area (Å²) in [7, 11) is 0. The van der Waals surface area contributed by atoms with E-state index in [-0.39, 0.29) is 34.0 Å². The summed E-state index contributed by atoms with van der Waals surface area (Å²) < 4.78 is 9.13. The maximum absolute atomic E-state index is 11.2. The molecule has 0 aromatic carbocycles. The number of carboxylic acid groups (broad SMARTS) is 1. The quantitative estimate of drug-likeness (QED) is 0.118. The molecule has 0 aromatic rings. The summed E-state index contributed by atoms with van der Waals surface area (Å²) in [6.45, 7) is 8.83. The Morgan fingerprint density at radius 1 is 1.65 bits per heavy atom. The number of carboxylic acids is 1. The van der Waals surface area contributed by atoms with Crippen LogP contribution in [0.2, 0.25) is 0 Å². The van der Waals surface area contributed by atoms with Crippen molar-refractivity contribution in [3.05, 3.63) is 12.3 Å². The normalized spacial score (nSPS) is 23.2. The second-order valence-electron chi connectivity index (χ2n) is 4.86. The molecule has 0 aliphatic carbocycles. The number of aliphatic hydroxyl groups excluding tert-OH is 1. The molecule has 3 atom stereocenters. The first-order valence-electron chi connectivity index (χ1n) is 5.36. The van der Waals surface area contributed by atoms with Gasteiger partial charge in [0, 0.05) is 0 Å². The van der Waals surface area contributed by atoms with Gasteiger partial charge in [0.2, 0.25) is 0 Å². The van der Waals surface area contributed by atoms with Gasteiger partial charge in [-0.2, -0.15) is 0 Å². The van der Waals surface area contributed by atoms with Crippen LogP contribution in [-0.4, -0.2) is 32.9 Å². The number of ether oxygens (including phenoxy) is 1. The Morgan fingerprint density at radius 2 is 2.18 bits per heavy atom. The summed E-state index contributed by atoms with van der Waals surface area (Å²) in [5, 5.41) is 18.3. The topological polar surface area (TPSA) is 88.7 Å². The standard InChI is InChI=1S/C11H19INO4/c1-6(9-12-13-9)7(2)17-8(10(15)16)11(3,4)5-14/h6,8-9,13-14H,2,5H2,1,3-4H3,(H,15,16)/q-1. The molecule has 0 spiro atoms. The van der Waals surface area contributed by atoms with Crippen LogP contribution >= 0.6 is 0 Å². The molecule has 1 fully saturated rings. The molecule has 1 rings (SSSR count). The van der Waals surface area contributed by atoms with Gasteiger partial charge in [0.1, 0.15) is 0 Å². The fourth-order valence-electron chi connectivity index (χ4n) is 1.27. The summed E-state index contributed by atoms with van der Waals surface area (Å²) >= 11 is 0.0383. The van der Waals surface area contributed by atoms with Gasteiger partial charge in [0.15, 0.2) is 0 Å². The molecule has 3 unspecified atom stereocenters. The zero-order valence-electron chi connectivity index (χ0n) is 10.2. The Balaban J connectivity index is 2.66. The number of hydrogen-bond donors (Lipinski definition) is 3. The number of alkyl halides is 1. The third-order valence-electron chi connectivity index (χ3n) is 2.79. The molecule has 100 valence electrons. The van der Waals surface area contributed by atoms with Gasteiger partial charge < -0.3 is 0 Å². The molecule has 0 radical (unpaired) electrons. The Bertz CT molecular complexity index is 315. The summed E-state index contributed by atoms with van der Waals surface area (Å²) in [4.78, 5) is 11.2. The second-order valence-corrected chi connectivity index (χ2v) is 7.45. The van der Waals surface area contributed by atoms with Crippen molar-refractivity contribution in [1.82, 2.24) is 3.53 Å². The molecule has 1 heterocycles. The Hall–Kier alpha value is -0.340. The van der Waals surface area contributed by atoms with Crippen LogP contribution in [-0.2, 0) is 9.53 Å². The van der Waals surface area contributed by atoms with Crippen LogP contribution in [0.4, 0.5) is 0 Å². The fourth-order valence-corrected chi connectivity index (χ4v) is 2.96. The molecule has 17 heavy (non-hydrogen) atoms. The van der Waals surface area contributed by atoms with Crippen LogP contribution in [0.5, 0.6) is 0 Å². The molecular weight excluding hydrogens is 337 g/mol. The van der Waals surface area contributed by atoms with Crippen molar-refractivity contribution in [1.29, 1.82) is 0 Å². The third-order valence-corrected chi connectivity index (χ3v) is 5.21. The van der Waals surface area contributed by atoms with Gasteiger partial charge >= 0.3 is 112 Å². The Kier molecular flexibility index (Phi) is 4.79. The van der Waals surface area contributed by atoms with Gasteiger partial charge in [0.25, 0.3) is 0 Å². The van der Waals surface area contributed by atoms with E-state index in [9.17, 15) is 9.90 Å². The number of aliphatic hydroxyl groups is 1. The van der Waals surface area contributed by atoms with E-state index in [1.165, 1.54) is 0 Å². The number of carbonyl (C=O) groups is 1. The van der Waals surface area contributed by atoms with Crippen molar-refractivity contribution in [2.24, 2.45) is 11.3 Å². The average molecular weight is 356 g/mol. The van der Waals surface area contributed by atoms with Gasteiger partial charge in [-0.05, 0) is 0 Å². The molecule has 5 nitrogen and oxygen atoms in total. The molecule has 1 aliphatic heterocycles. The predicted octanol–water partition coefficient (Wildman–Crippen LogP) is -2.44. The van der Waals surface area contributed by atoms with Gasteiger partial charge in [-0.15, -0.1) is 0 Å². The number of rotatable bonds is 7. The van der Waals surface area contributed by atoms with Crippen LogP contribution in [0.3, 0.4) is 0 Å². The monoisotopic (exact) mass is 356 g/mol. The van der Waals surface area contributed by atoms with E-state index in [1.54, 1.807) is 13.8 Å². The van der Waals surface area contributed by atoms with E-state index in [0.717, 1.165) is 0 Å². The number of nitrogens with one attached hydrogen (secondary N) is 1. The van der Waals surface area contributed by atoms with Crippen molar-refractivity contribution in [2.75, 3.05) is 6.61 Å². The van der Waals surface area contributed by atoms with E-state index >= 15 is 0 Å². The molecule has 0 bridgehead atoms. The van der Waals surface area contributed by atoms with E-state index in [2.05, 4.69) is 10.1 Å². The minimum absolute atomic E-state index is 0.0383. The molecule has 0 amide bonds. The first kappa shape index (κ1) is 14.7. The zero-order chi connectivity index (χ0) is 13.2. The molecule has 0 saturated carbocycles. The van der Waals surface area contributed by atoms with Crippen molar-refractivity contribution in [2.45, 2.75) is 30.9 Å². The molecule has 1 aliphatic rings. The SMILES string of the molecule is C=C(OC(C(=O)O)C(C)(C)CO)C(C)C1N[I-]1. The molecule has 3 N–H and O–H groups in total. The van der Waals surface area contributed by atoms with Crippen LogP contribution < -0.4 is 25.0 Å². The van der Waals surface area contributed by atoms with Crippen molar-refractivity contribution >= 4 is 5.97 Å². The second kappa shape index (κ2) is 5.53. The maximum atomic E-state index is 11.2. The third kappa shape index (κ3) is 3.82. The number of halogens is 1. The van der Waals surface area contributed by atoms with Gasteiger partial charge in [0.05, 0.1) is 0 Å². The Morgan fingerprint density at radius 3 is 2.53 bits per heavy atom. The minimum atomic E-state index is -1.07. The molecule has 0 aromatic heterocycles. The summed E-state index contributed by atoms with van der Waals surface area (Å²) in [6.07, 6.45) is -1.07. The van der Waals surface area contributed by atoms with Crippen LogP contribution in [0.15, 0.2) is 12.3 Å². The summed E-state index contributed by atoms with van der Waals surface area (Å²) in [5.41, 5.74) is -0.833. The molecule has 6 heteroatoms. The molecular formula is C11H19INO4-. The van der Waals surface area contributed by atoms with E-state index in [4.69, 9.17) is 9.84 Å². The van der Waals surface area contributed by atoms with Gasteiger partial charge in [-0.1, -0.05) is 0 Å². The number of hydrogen-bond acceptors (Lipinski definition) is 4. The Labute approximate surface area is 112 Å². The van der Waals surface area contributed by atoms with Crippen molar-refractivity contribution in [3.8, 4) is 0 Å². The van der Waals surface area contributed by atoms with Gasteiger partial charge in [-0.3, -0.25) is 0 Å². The summed E-state index contributed by atoms with van der Waals surface area (Å²) in [5.74, 6) is -0.469. The van der Waals surface area contributed by atoms with Crippen LogP contribution in [0, 0.1) is 11.3 Å². The average Bonchev–Trinajstić information content (AvgIpc) is 3.07. The van der Waals surface area contributed by atoms with E-state index in [0.29, 0.717) is 9.81 Å². The van der Waals surface area contributed by atoms with E-state index in [1.807, 2.05) is 6.92 Å². The van der Waals surface area contributed by atoms with E-state index < -0.39 is 17.5 Å². The van der Waals surface area contributed by atoms with Crippen molar-refractivity contribution in [3.63, 3.8) is 0 Å².